The van der Waals surface area contributed by atoms with Crippen molar-refractivity contribution in [2.45, 2.75) is 37.7 Å². The summed E-state index contributed by atoms with van der Waals surface area (Å²) in [6, 6.07) is 6.95. The van der Waals surface area contributed by atoms with Crippen LogP contribution in [-0.2, 0) is 14.8 Å². The SMILES string of the molecule is CCNc1ccc(S(=O)(=O)N2CCC(OCC)CC2)cc1. The van der Waals surface area contributed by atoms with E-state index in [4.69, 9.17) is 4.74 Å². The second kappa shape index (κ2) is 7.24. The number of benzene rings is 1. The maximum Gasteiger partial charge on any atom is 0.243 e. The molecule has 0 aromatic heterocycles. The van der Waals surface area contributed by atoms with Crippen LogP contribution in [0.3, 0.4) is 0 Å². The summed E-state index contributed by atoms with van der Waals surface area (Å²) in [5.41, 5.74) is 0.937. The van der Waals surface area contributed by atoms with Crippen LogP contribution in [0.1, 0.15) is 26.7 Å². The van der Waals surface area contributed by atoms with Gasteiger partial charge < -0.3 is 10.1 Å². The summed E-state index contributed by atoms with van der Waals surface area (Å²) in [6.45, 7) is 6.53. The highest BCUT2D eigenvalue weighted by Gasteiger charge is 2.29. The summed E-state index contributed by atoms with van der Waals surface area (Å²) in [5, 5.41) is 3.16. The zero-order valence-corrected chi connectivity index (χ0v) is 13.5. The largest absolute Gasteiger partial charge is 0.385 e. The summed E-state index contributed by atoms with van der Waals surface area (Å²) in [4.78, 5) is 0.360. The van der Waals surface area contributed by atoms with E-state index >= 15 is 0 Å². The average Bonchev–Trinajstić information content (AvgIpc) is 2.49. The molecule has 6 heteroatoms. The van der Waals surface area contributed by atoms with Gasteiger partial charge in [0.1, 0.15) is 0 Å². The maximum absolute atomic E-state index is 12.6. The molecular weight excluding hydrogens is 288 g/mol. The normalized spacial score (nSPS) is 17.8. The number of nitrogens with one attached hydrogen (secondary N) is 1. The minimum atomic E-state index is -3.38. The fraction of sp³-hybridized carbons (Fsp3) is 0.600. The van der Waals surface area contributed by atoms with Crippen LogP contribution < -0.4 is 5.32 Å². The summed E-state index contributed by atoms with van der Waals surface area (Å²) in [6.07, 6.45) is 1.73. The van der Waals surface area contributed by atoms with Crippen molar-refractivity contribution in [2.24, 2.45) is 0 Å². The minimum absolute atomic E-state index is 0.192. The molecule has 0 aliphatic carbocycles. The van der Waals surface area contributed by atoms with E-state index in [1.807, 2.05) is 26.0 Å². The van der Waals surface area contributed by atoms with Gasteiger partial charge in [-0.1, -0.05) is 0 Å². The smallest absolute Gasteiger partial charge is 0.243 e. The van der Waals surface area contributed by atoms with Gasteiger partial charge in [0.05, 0.1) is 11.0 Å². The van der Waals surface area contributed by atoms with Crippen molar-refractivity contribution in [1.29, 1.82) is 0 Å². The molecule has 0 unspecified atom stereocenters. The third-order valence-electron chi connectivity index (χ3n) is 3.68. The van der Waals surface area contributed by atoms with Crippen molar-refractivity contribution in [3.8, 4) is 0 Å². The Hall–Kier alpha value is -1.11. The van der Waals surface area contributed by atoms with Gasteiger partial charge in [0.25, 0.3) is 0 Å². The van der Waals surface area contributed by atoms with Gasteiger partial charge in [0.15, 0.2) is 0 Å². The monoisotopic (exact) mass is 312 g/mol. The quantitative estimate of drug-likeness (QED) is 0.876. The van der Waals surface area contributed by atoms with Gasteiger partial charge in [-0.25, -0.2) is 8.42 Å². The van der Waals surface area contributed by atoms with Gasteiger partial charge in [0, 0.05) is 31.9 Å². The lowest BCUT2D eigenvalue weighted by molar-refractivity contribution is 0.0290. The van der Waals surface area contributed by atoms with Crippen molar-refractivity contribution in [3.63, 3.8) is 0 Å². The molecule has 1 fully saturated rings. The van der Waals surface area contributed by atoms with Crippen molar-refractivity contribution in [2.75, 3.05) is 31.6 Å². The van der Waals surface area contributed by atoms with Crippen LogP contribution in [-0.4, -0.2) is 45.1 Å². The van der Waals surface area contributed by atoms with Crippen molar-refractivity contribution >= 4 is 15.7 Å². The number of ether oxygens (including phenoxy) is 1. The molecular formula is C15H24N2O3S. The lowest BCUT2D eigenvalue weighted by Gasteiger charge is -2.31. The topological polar surface area (TPSA) is 58.6 Å². The summed E-state index contributed by atoms with van der Waals surface area (Å²) in [5.74, 6) is 0. The molecule has 1 aromatic rings. The molecule has 1 N–H and O–H groups in total. The third kappa shape index (κ3) is 3.96. The summed E-state index contributed by atoms with van der Waals surface area (Å²) < 4.78 is 32.3. The average molecular weight is 312 g/mol. The number of piperidine rings is 1. The summed E-state index contributed by atoms with van der Waals surface area (Å²) >= 11 is 0. The van der Waals surface area contributed by atoms with Crippen LogP contribution in [0, 0.1) is 0 Å². The Balaban J connectivity index is 2.04. The molecule has 0 saturated carbocycles. The maximum atomic E-state index is 12.6. The first-order valence-corrected chi connectivity index (χ1v) is 8.97. The van der Waals surface area contributed by atoms with E-state index in [2.05, 4.69) is 5.32 Å². The Kier molecular flexibility index (Phi) is 5.61. The highest BCUT2D eigenvalue weighted by Crippen LogP contribution is 2.23. The highest BCUT2D eigenvalue weighted by molar-refractivity contribution is 7.89. The van der Waals surface area contributed by atoms with E-state index in [-0.39, 0.29) is 6.10 Å². The second-order valence-electron chi connectivity index (χ2n) is 5.11. The fourth-order valence-electron chi connectivity index (χ4n) is 2.57. The van der Waals surface area contributed by atoms with E-state index in [0.29, 0.717) is 24.6 Å². The Labute approximate surface area is 127 Å². The Morgan fingerprint density at radius 3 is 2.33 bits per heavy atom. The molecule has 0 atom stereocenters. The van der Waals surface area contributed by atoms with Gasteiger partial charge in [-0.05, 0) is 51.0 Å². The van der Waals surface area contributed by atoms with E-state index in [0.717, 1.165) is 25.1 Å². The van der Waals surface area contributed by atoms with E-state index in [1.165, 1.54) is 0 Å². The Bertz CT molecular complexity index is 535. The van der Waals surface area contributed by atoms with Crippen molar-refractivity contribution < 1.29 is 13.2 Å². The second-order valence-corrected chi connectivity index (χ2v) is 7.05. The molecule has 0 radical (unpaired) electrons. The Morgan fingerprint density at radius 2 is 1.81 bits per heavy atom. The van der Waals surface area contributed by atoms with Crippen LogP contribution in [0.5, 0.6) is 0 Å². The van der Waals surface area contributed by atoms with Crippen LogP contribution in [0.15, 0.2) is 29.2 Å². The molecule has 118 valence electrons. The molecule has 1 aliphatic rings. The highest BCUT2D eigenvalue weighted by atomic mass is 32.2. The predicted molar refractivity (Wildman–Crippen MR) is 84.0 cm³/mol. The zero-order chi connectivity index (χ0) is 15.3. The van der Waals surface area contributed by atoms with Gasteiger partial charge in [-0.2, -0.15) is 4.31 Å². The lowest BCUT2D eigenvalue weighted by Crippen LogP contribution is -2.40. The summed E-state index contributed by atoms with van der Waals surface area (Å²) in [7, 11) is -3.38. The lowest BCUT2D eigenvalue weighted by atomic mass is 10.1. The molecule has 0 amide bonds. The van der Waals surface area contributed by atoms with E-state index in [1.54, 1.807) is 16.4 Å². The number of nitrogens with zero attached hydrogens (tertiary/aromatic N) is 1. The van der Waals surface area contributed by atoms with Crippen LogP contribution in [0.25, 0.3) is 0 Å². The minimum Gasteiger partial charge on any atom is -0.385 e. The molecule has 1 heterocycles. The first-order valence-electron chi connectivity index (χ1n) is 7.53. The third-order valence-corrected chi connectivity index (χ3v) is 5.59. The van der Waals surface area contributed by atoms with Crippen molar-refractivity contribution in [3.05, 3.63) is 24.3 Å². The first kappa shape index (κ1) is 16.3. The number of anilines is 1. The number of sulfonamides is 1. The molecule has 1 aliphatic heterocycles. The molecule has 1 aromatic carbocycles. The molecule has 0 spiro atoms. The predicted octanol–water partition coefficient (Wildman–Crippen LogP) is 2.31. The van der Waals surface area contributed by atoms with Crippen LogP contribution >= 0.6 is 0 Å². The number of hydrogen-bond acceptors (Lipinski definition) is 4. The first-order chi connectivity index (χ1) is 10.1. The van der Waals surface area contributed by atoms with E-state index in [9.17, 15) is 8.42 Å². The molecule has 21 heavy (non-hydrogen) atoms. The number of rotatable bonds is 6. The fourth-order valence-corrected chi connectivity index (χ4v) is 4.04. The van der Waals surface area contributed by atoms with Gasteiger partial charge in [0.2, 0.25) is 10.0 Å². The van der Waals surface area contributed by atoms with Gasteiger partial charge in [-0.15, -0.1) is 0 Å². The van der Waals surface area contributed by atoms with E-state index < -0.39 is 10.0 Å². The Morgan fingerprint density at radius 1 is 1.19 bits per heavy atom. The van der Waals surface area contributed by atoms with Gasteiger partial charge >= 0.3 is 0 Å². The van der Waals surface area contributed by atoms with Crippen LogP contribution in [0.2, 0.25) is 0 Å². The molecule has 0 bridgehead atoms. The van der Waals surface area contributed by atoms with Crippen LogP contribution in [0.4, 0.5) is 5.69 Å². The number of hydrogen-bond donors (Lipinski definition) is 1. The molecule has 2 rings (SSSR count). The zero-order valence-electron chi connectivity index (χ0n) is 12.7. The molecule has 1 saturated heterocycles. The van der Waals surface area contributed by atoms with Gasteiger partial charge in [-0.3, -0.25) is 0 Å². The standard InChI is InChI=1S/C15H24N2O3S/c1-3-16-13-5-7-15(8-6-13)21(18,19)17-11-9-14(10-12-17)20-4-2/h5-8,14,16H,3-4,9-12H2,1-2H3. The van der Waals surface area contributed by atoms with Crippen molar-refractivity contribution in [1.82, 2.24) is 4.31 Å². The molecule has 5 nitrogen and oxygen atoms in total.